The number of hydrogen-bond donors (Lipinski definition) is 1. The van der Waals surface area contributed by atoms with Gasteiger partial charge < -0.3 is 29.0 Å². The molecule has 13 nitrogen and oxygen atoms in total. The monoisotopic (exact) mass is 649 g/mol. The minimum Gasteiger partial charge on any atom is -0.506 e. The Morgan fingerprint density at radius 2 is 1.40 bits per heavy atom. The van der Waals surface area contributed by atoms with E-state index in [0.29, 0.717) is 5.56 Å². The summed E-state index contributed by atoms with van der Waals surface area (Å²) in [6.07, 6.45) is -1.92. The summed E-state index contributed by atoms with van der Waals surface area (Å²) < 4.78 is 25.4. The molecule has 3 aromatic carbocycles. The maximum absolute atomic E-state index is 13.5. The minimum absolute atomic E-state index is 0.0734. The molecule has 4 unspecified atom stereocenters. The third-order valence-electron chi connectivity index (χ3n) is 7.41. The molecule has 3 heterocycles. The Bertz CT molecular complexity index is 1930. The zero-order valence-corrected chi connectivity index (χ0v) is 25.9. The maximum atomic E-state index is 13.5. The molecule has 1 N–H and O–H groups in total. The molecule has 5 aromatic rings. The van der Waals surface area contributed by atoms with E-state index in [9.17, 15) is 19.5 Å². The number of ether oxygens (including phenoxy) is 4. The molecule has 2 aromatic heterocycles. The third kappa shape index (κ3) is 7.00. The number of aliphatic imine (C=N–C) groups is 1. The highest BCUT2D eigenvalue weighted by molar-refractivity contribution is 5.91. The van der Waals surface area contributed by atoms with Gasteiger partial charge in [-0.3, -0.25) is 0 Å². The SMILES string of the molecule is CN(C)C=Nc1ncc2c(O)cc(C3OC(COC(=O)c4ccccc4)C(OC(=O)c4ccccc4)C3OC(=O)c3ccccc3)n2n1. The first-order valence-electron chi connectivity index (χ1n) is 15.0. The second-order valence-corrected chi connectivity index (χ2v) is 11.0. The number of aromatic nitrogens is 3. The van der Waals surface area contributed by atoms with Crippen LogP contribution in [0.1, 0.15) is 42.9 Å². The molecule has 1 fully saturated rings. The largest absolute Gasteiger partial charge is 0.506 e. The van der Waals surface area contributed by atoms with Gasteiger partial charge in [0.25, 0.3) is 5.95 Å². The molecule has 244 valence electrons. The lowest BCUT2D eigenvalue weighted by molar-refractivity contribution is -0.0452. The van der Waals surface area contributed by atoms with Gasteiger partial charge in [-0.2, -0.15) is 0 Å². The molecular formula is C35H31N5O8. The van der Waals surface area contributed by atoms with Crippen LogP contribution in [0.2, 0.25) is 0 Å². The maximum Gasteiger partial charge on any atom is 0.338 e. The molecule has 1 aliphatic heterocycles. The second kappa shape index (κ2) is 14.1. The van der Waals surface area contributed by atoms with E-state index in [1.807, 2.05) is 0 Å². The van der Waals surface area contributed by atoms with Gasteiger partial charge in [0.1, 0.15) is 30.1 Å². The summed E-state index contributed by atoms with van der Waals surface area (Å²) in [7, 11) is 3.57. The van der Waals surface area contributed by atoms with Gasteiger partial charge in [-0.1, -0.05) is 54.6 Å². The van der Waals surface area contributed by atoms with Crippen molar-refractivity contribution in [1.82, 2.24) is 19.5 Å². The van der Waals surface area contributed by atoms with Crippen molar-refractivity contribution in [2.24, 2.45) is 4.99 Å². The summed E-state index contributed by atoms with van der Waals surface area (Å²) in [5.74, 6) is -2.16. The molecule has 48 heavy (non-hydrogen) atoms. The van der Waals surface area contributed by atoms with Crippen LogP contribution in [0, 0.1) is 0 Å². The number of carbonyl (C=O) groups is 3. The summed E-state index contributed by atoms with van der Waals surface area (Å²) >= 11 is 0. The van der Waals surface area contributed by atoms with Crippen molar-refractivity contribution in [3.05, 3.63) is 126 Å². The van der Waals surface area contributed by atoms with Crippen LogP contribution >= 0.6 is 0 Å². The highest BCUT2D eigenvalue weighted by Gasteiger charge is 2.52. The van der Waals surface area contributed by atoms with Gasteiger partial charge in [0, 0.05) is 20.2 Å². The van der Waals surface area contributed by atoms with Crippen molar-refractivity contribution >= 4 is 35.7 Å². The molecule has 0 aliphatic carbocycles. The van der Waals surface area contributed by atoms with Crippen LogP contribution in [0.4, 0.5) is 5.95 Å². The lowest BCUT2D eigenvalue weighted by Crippen LogP contribution is -2.41. The third-order valence-corrected chi connectivity index (χ3v) is 7.41. The number of aromatic hydroxyl groups is 1. The highest BCUT2D eigenvalue weighted by atomic mass is 16.6. The summed E-state index contributed by atoms with van der Waals surface area (Å²) in [6, 6.07) is 26.3. The summed E-state index contributed by atoms with van der Waals surface area (Å²) in [5.41, 5.74) is 1.27. The minimum atomic E-state index is -1.29. The van der Waals surface area contributed by atoms with Crippen molar-refractivity contribution in [3.63, 3.8) is 0 Å². The number of carbonyl (C=O) groups excluding carboxylic acids is 3. The van der Waals surface area contributed by atoms with Crippen molar-refractivity contribution in [3.8, 4) is 5.75 Å². The molecule has 0 amide bonds. The van der Waals surface area contributed by atoms with E-state index in [1.54, 1.807) is 110 Å². The van der Waals surface area contributed by atoms with Gasteiger partial charge in [-0.05, 0) is 36.4 Å². The zero-order chi connectivity index (χ0) is 33.6. The van der Waals surface area contributed by atoms with Crippen LogP contribution in [0.5, 0.6) is 5.75 Å². The smallest absolute Gasteiger partial charge is 0.338 e. The fourth-order valence-corrected chi connectivity index (χ4v) is 5.14. The van der Waals surface area contributed by atoms with Crippen molar-refractivity contribution < 1.29 is 38.4 Å². The lowest BCUT2D eigenvalue weighted by Gasteiger charge is -2.24. The van der Waals surface area contributed by atoms with Crippen LogP contribution in [-0.4, -0.2) is 87.9 Å². The van der Waals surface area contributed by atoms with Gasteiger partial charge in [0.05, 0.1) is 34.9 Å². The predicted molar refractivity (Wildman–Crippen MR) is 172 cm³/mol. The average molecular weight is 650 g/mol. The topological polar surface area (TPSA) is 154 Å². The predicted octanol–water partition coefficient (Wildman–Crippen LogP) is 4.40. The molecule has 1 aliphatic rings. The quantitative estimate of drug-likeness (QED) is 0.0991. The molecule has 0 spiro atoms. The number of rotatable bonds is 10. The van der Waals surface area contributed by atoms with E-state index in [4.69, 9.17) is 18.9 Å². The Kier molecular flexibility index (Phi) is 9.39. The van der Waals surface area contributed by atoms with E-state index in [-0.39, 0.29) is 40.6 Å². The van der Waals surface area contributed by atoms with Gasteiger partial charge in [0.15, 0.2) is 12.2 Å². The summed E-state index contributed by atoms with van der Waals surface area (Å²) in [6.45, 7) is -0.362. The van der Waals surface area contributed by atoms with Crippen LogP contribution in [-0.2, 0) is 18.9 Å². The van der Waals surface area contributed by atoms with Gasteiger partial charge >= 0.3 is 17.9 Å². The molecule has 4 atom stereocenters. The summed E-state index contributed by atoms with van der Waals surface area (Å²) in [4.78, 5) is 50.0. The molecule has 0 radical (unpaired) electrons. The van der Waals surface area contributed by atoms with E-state index < -0.39 is 42.3 Å². The fraction of sp³-hybridized carbons (Fsp3) is 0.200. The van der Waals surface area contributed by atoms with Crippen LogP contribution in [0.3, 0.4) is 0 Å². The van der Waals surface area contributed by atoms with E-state index in [2.05, 4.69) is 15.1 Å². The average Bonchev–Trinajstić information content (AvgIpc) is 3.62. The van der Waals surface area contributed by atoms with Crippen molar-refractivity contribution in [2.75, 3.05) is 20.7 Å². The number of fused-ring (bicyclic) bond motifs is 1. The lowest BCUT2D eigenvalue weighted by atomic mass is 10.0. The van der Waals surface area contributed by atoms with E-state index in [0.717, 1.165) is 0 Å². The van der Waals surface area contributed by atoms with E-state index in [1.165, 1.54) is 23.1 Å². The van der Waals surface area contributed by atoms with Crippen molar-refractivity contribution in [2.45, 2.75) is 24.4 Å². The number of benzene rings is 3. The Balaban J connectivity index is 1.41. The molecule has 13 heteroatoms. The zero-order valence-electron chi connectivity index (χ0n) is 25.9. The highest BCUT2D eigenvalue weighted by Crippen LogP contribution is 2.41. The second-order valence-electron chi connectivity index (χ2n) is 11.0. The molecule has 1 saturated heterocycles. The van der Waals surface area contributed by atoms with Gasteiger partial charge in [0.2, 0.25) is 0 Å². The number of hydrogen-bond acceptors (Lipinski definition) is 11. The first kappa shape index (κ1) is 31.9. The molecule has 0 saturated carbocycles. The normalized spacial score (nSPS) is 18.9. The molecular weight excluding hydrogens is 618 g/mol. The Hall–Kier alpha value is -6.08. The Labute approximate surface area is 275 Å². The van der Waals surface area contributed by atoms with Gasteiger partial charge in [-0.25, -0.2) is 28.9 Å². The van der Waals surface area contributed by atoms with Crippen molar-refractivity contribution in [1.29, 1.82) is 0 Å². The molecule has 0 bridgehead atoms. The van der Waals surface area contributed by atoms with E-state index >= 15 is 0 Å². The Morgan fingerprint density at radius 3 is 1.96 bits per heavy atom. The Morgan fingerprint density at radius 1 is 0.854 bits per heavy atom. The van der Waals surface area contributed by atoms with Crippen LogP contribution in [0.15, 0.2) is 108 Å². The first-order chi connectivity index (χ1) is 23.3. The first-order valence-corrected chi connectivity index (χ1v) is 15.0. The number of esters is 3. The standard InChI is InChI=1S/C35H31N5O8/c1-39(2)21-37-35-36-19-26-27(41)18-25(40(26)38-35)29-31(48-34(44)24-16-10-5-11-17-24)30(47-33(43)23-14-8-4-9-15-23)28(46-29)20-45-32(42)22-12-6-3-7-13-22/h3-19,21,28-31,41H,20H2,1-2H3. The van der Waals surface area contributed by atoms with Crippen LogP contribution < -0.4 is 0 Å². The summed E-state index contributed by atoms with van der Waals surface area (Å²) in [5, 5.41) is 15.3. The fourth-order valence-electron chi connectivity index (χ4n) is 5.14. The molecule has 6 rings (SSSR count). The van der Waals surface area contributed by atoms with Gasteiger partial charge in [-0.15, -0.1) is 5.10 Å². The van der Waals surface area contributed by atoms with Crippen LogP contribution in [0.25, 0.3) is 5.52 Å². The number of nitrogens with zero attached hydrogens (tertiary/aromatic N) is 5.